The second-order valence-corrected chi connectivity index (χ2v) is 7.05. The molecule has 2 unspecified atom stereocenters. The van der Waals surface area contributed by atoms with Crippen molar-refractivity contribution >= 4 is 6.03 Å². The number of β-amino-alcohol motifs (C(OH)–C–C–N with tert-alkyl or cyclic N) is 1. The first-order valence-corrected chi connectivity index (χ1v) is 8.17. The maximum absolute atomic E-state index is 12.3. The standard InChI is InChI=1S/C18H28N2O2/c1-14(12-18(2,3)15-8-5-4-6-9-15)19-17(22)20-11-7-10-16(21)13-20/h4-6,8-9,14,16,21H,7,10-13H2,1-3H3,(H,19,22). The zero-order valence-electron chi connectivity index (χ0n) is 13.9. The van der Waals surface area contributed by atoms with Gasteiger partial charge < -0.3 is 15.3 Å². The molecule has 0 saturated carbocycles. The second kappa shape index (κ2) is 7.14. The summed E-state index contributed by atoms with van der Waals surface area (Å²) in [5.74, 6) is 0. The Kier molecular flexibility index (Phi) is 5.46. The Morgan fingerprint density at radius 3 is 2.73 bits per heavy atom. The van der Waals surface area contributed by atoms with E-state index >= 15 is 0 Å². The monoisotopic (exact) mass is 304 g/mol. The van der Waals surface area contributed by atoms with E-state index in [2.05, 4.69) is 43.4 Å². The van der Waals surface area contributed by atoms with Crippen molar-refractivity contribution in [3.63, 3.8) is 0 Å². The third-order valence-corrected chi connectivity index (χ3v) is 4.43. The quantitative estimate of drug-likeness (QED) is 0.898. The molecule has 0 aliphatic carbocycles. The number of carbonyl (C=O) groups excluding carboxylic acids is 1. The third-order valence-electron chi connectivity index (χ3n) is 4.43. The van der Waals surface area contributed by atoms with Crippen molar-refractivity contribution in [2.24, 2.45) is 0 Å². The van der Waals surface area contributed by atoms with Crippen LogP contribution in [0, 0.1) is 0 Å². The van der Waals surface area contributed by atoms with Crippen LogP contribution in [0.1, 0.15) is 45.6 Å². The van der Waals surface area contributed by atoms with Gasteiger partial charge in [-0.2, -0.15) is 0 Å². The maximum Gasteiger partial charge on any atom is 0.317 e. The zero-order chi connectivity index (χ0) is 16.2. The van der Waals surface area contributed by atoms with Crippen molar-refractivity contribution in [1.82, 2.24) is 10.2 Å². The van der Waals surface area contributed by atoms with Crippen molar-refractivity contribution in [2.45, 2.75) is 57.6 Å². The van der Waals surface area contributed by atoms with Gasteiger partial charge in [-0.05, 0) is 37.2 Å². The number of urea groups is 1. The number of amides is 2. The highest BCUT2D eigenvalue weighted by molar-refractivity contribution is 5.74. The molecular weight excluding hydrogens is 276 g/mol. The molecule has 4 nitrogen and oxygen atoms in total. The Labute approximate surface area is 133 Å². The summed E-state index contributed by atoms with van der Waals surface area (Å²) < 4.78 is 0. The molecule has 1 aliphatic heterocycles. The minimum atomic E-state index is -0.379. The molecule has 2 rings (SSSR count). The molecule has 0 aromatic heterocycles. The smallest absolute Gasteiger partial charge is 0.317 e. The lowest BCUT2D eigenvalue weighted by atomic mass is 9.79. The summed E-state index contributed by atoms with van der Waals surface area (Å²) in [5.41, 5.74) is 1.29. The zero-order valence-corrected chi connectivity index (χ0v) is 13.9. The fraction of sp³-hybridized carbons (Fsp3) is 0.611. The van der Waals surface area contributed by atoms with Gasteiger partial charge in [0.1, 0.15) is 0 Å². The Balaban J connectivity index is 1.89. The van der Waals surface area contributed by atoms with Crippen LogP contribution < -0.4 is 5.32 Å². The van der Waals surface area contributed by atoms with Crippen LogP contribution >= 0.6 is 0 Å². The summed E-state index contributed by atoms with van der Waals surface area (Å²) in [6, 6.07) is 10.4. The largest absolute Gasteiger partial charge is 0.391 e. The molecule has 1 saturated heterocycles. The number of piperidine rings is 1. The first-order valence-electron chi connectivity index (χ1n) is 8.17. The lowest BCUT2D eigenvalue weighted by molar-refractivity contribution is 0.0831. The van der Waals surface area contributed by atoms with E-state index in [4.69, 9.17) is 0 Å². The predicted molar refractivity (Wildman–Crippen MR) is 88.9 cm³/mol. The van der Waals surface area contributed by atoms with E-state index in [0.717, 1.165) is 25.8 Å². The number of hydrogen-bond donors (Lipinski definition) is 2. The fourth-order valence-electron chi connectivity index (χ4n) is 3.26. The summed E-state index contributed by atoms with van der Waals surface area (Å²) in [6.07, 6.45) is 2.16. The number of nitrogens with zero attached hydrogens (tertiary/aromatic N) is 1. The van der Waals surface area contributed by atoms with Crippen LogP contribution in [0.4, 0.5) is 4.79 Å². The predicted octanol–water partition coefficient (Wildman–Crippen LogP) is 2.91. The van der Waals surface area contributed by atoms with E-state index in [9.17, 15) is 9.90 Å². The Morgan fingerprint density at radius 2 is 2.09 bits per heavy atom. The highest BCUT2D eigenvalue weighted by atomic mass is 16.3. The molecule has 2 atom stereocenters. The highest BCUT2D eigenvalue weighted by Crippen LogP contribution is 2.28. The third kappa shape index (κ3) is 4.47. The van der Waals surface area contributed by atoms with E-state index in [1.165, 1.54) is 5.56 Å². The summed E-state index contributed by atoms with van der Waals surface area (Å²) in [6.45, 7) is 7.63. The van der Waals surface area contributed by atoms with Crippen molar-refractivity contribution in [2.75, 3.05) is 13.1 Å². The van der Waals surface area contributed by atoms with Crippen molar-refractivity contribution in [1.29, 1.82) is 0 Å². The van der Waals surface area contributed by atoms with Crippen LogP contribution in [0.5, 0.6) is 0 Å². The van der Waals surface area contributed by atoms with E-state index in [1.54, 1.807) is 4.90 Å². The SMILES string of the molecule is CC(CC(C)(C)c1ccccc1)NC(=O)N1CCCC(O)C1. The van der Waals surface area contributed by atoms with Gasteiger partial charge in [-0.15, -0.1) is 0 Å². The van der Waals surface area contributed by atoms with Crippen LogP contribution in [-0.2, 0) is 5.41 Å². The second-order valence-electron chi connectivity index (χ2n) is 7.05. The van der Waals surface area contributed by atoms with Gasteiger partial charge in [0.15, 0.2) is 0 Å². The normalized spacial score (nSPS) is 20.5. The number of benzene rings is 1. The topological polar surface area (TPSA) is 52.6 Å². The summed E-state index contributed by atoms with van der Waals surface area (Å²) in [7, 11) is 0. The average molecular weight is 304 g/mol. The van der Waals surface area contributed by atoms with Crippen LogP contribution in [-0.4, -0.2) is 41.3 Å². The van der Waals surface area contributed by atoms with Crippen LogP contribution in [0.25, 0.3) is 0 Å². The average Bonchev–Trinajstić information content (AvgIpc) is 2.47. The molecule has 1 aromatic rings. The van der Waals surface area contributed by atoms with Crippen LogP contribution in [0.2, 0.25) is 0 Å². The molecule has 122 valence electrons. The number of nitrogens with one attached hydrogen (secondary N) is 1. The molecule has 2 amide bonds. The number of aliphatic hydroxyl groups excluding tert-OH is 1. The molecule has 0 spiro atoms. The molecule has 1 fully saturated rings. The first kappa shape index (κ1) is 16.8. The minimum Gasteiger partial charge on any atom is -0.391 e. The lowest BCUT2D eigenvalue weighted by Crippen LogP contribution is -2.50. The van der Waals surface area contributed by atoms with E-state index < -0.39 is 0 Å². The van der Waals surface area contributed by atoms with Gasteiger partial charge in [-0.25, -0.2) is 4.79 Å². The molecule has 0 bridgehead atoms. The van der Waals surface area contributed by atoms with Gasteiger partial charge in [0.2, 0.25) is 0 Å². The van der Waals surface area contributed by atoms with Crippen molar-refractivity contribution < 1.29 is 9.90 Å². The number of carbonyl (C=O) groups is 1. The van der Waals surface area contributed by atoms with Gasteiger partial charge in [0, 0.05) is 19.1 Å². The minimum absolute atomic E-state index is 0.00929. The van der Waals surface area contributed by atoms with Gasteiger partial charge in [0.05, 0.1) is 6.10 Å². The lowest BCUT2D eigenvalue weighted by Gasteiger charge is -2.33. The molecule has 1 aliphatic rings. The number of hydrogen-bond acceptors (Lipinski definition) is 2. The molecule has 22 heavy (non-hydrogen) atoms. The number of aliphatic hydroxyl groups is 1. The van der Waals surface area contributed by atoms with Crippen molar-refractivity contribution in [3.8, 4) is 0 Å². The molecule has 1 aromatic carbocycles. The summed E-state index contributed by atoms with van der Waals surface area (Å²) in [4.78, 5) is 14.0. The summed E-state index contributed by atoms with van der Waals surface area (Å²) >= 11 is 0. The number of rotatable bonds is 4. The Morgan fingerprint density at radius 1 is 1.41 bits per heavy atom. The molecule has 2 N–H and O–H groups in total. The van der Waals surface area contributed by atoms with Crippen molar-refractivity contribution in [3.05, 3.63) is 35.9 Å². The number of likely N-dealkylation sites (tertiary alicyclic amines) is 1. The van der Waals surface area contributed by atoms with Crippen LogP contribution in [0.3, 0.4) is 0 Å². The van der Waals surface area contributed by atoms with E-state index in [0.29, 0.717) is 6.54 Å². The fourth-order valence-corrected chi connectivity index (χ4v) is 3.26. The molecule has 1 heterocycles. The van der Waals surface area contributed by atoms with Crippen LogP contribution in [0.15, 0.2) is 30.3 Å². The first-order chi connectivity index (χ1) is 10.4. The Hall–Kier alpha value is -1.55. The maximum atomic E-state index is 12.3. The van der Waals surface area contributed by atoms with E-state index in [1.807, 2.05) is 13.0 Å². The highest BCUT2D eigenvalue weighted by Gasteiger charge is 2.26. The Bertz CT molecular complexity index is 487. The van der Waals surface area contributed by atoms with Gasteiger partial charge >= 0.3 is 6.03 Å². The van der Waals surface area contributed by atoms with E-state index in [-0.39, 0.29) is 23.6 Å². The van der Waals surface area contributed by atoms with Gasteiger partial charge in [-0.1, -0.05) is 44.2 Å². The molecular formula is C18H28N2O2. The summed E-state index contributed by atoms with van der Waals surface area (Å²) in [5, 5.41) is 12.7. The van der Waals surface area contributed by atoms with Gasteiger partial charge in [-0.3, -0.25) is 0 Å². The molecule has 4 heteroatoms. The van der Waals surface area contributed by atoms with Gasteiger partial charge in [0.25, 0.3) is 0 Å². The molecule has 0 radical (unpaired) electrons.